The Morgan fingerprint density at radius 3 is 2.23 bits per heavy atom. The van der Waals surface area contributed by atoms with Gasteiger partial charge in [0.05, 0.1) is 6.04 Å². The van der Waals surface area contributed by atoms with Crippen LogP contribution in [0.15, 0.2) is 0 Å². The van der Waals surface area contributed by atoms with Crippen molar-refractivity contribution in [1.29, 1.82) is 0 Å². The number of amides is 5. The molecule has 2 heterocycles. The Balaban J connectivity index is 1.69. The summed E-state index contributed by atoms with van der Waals surface area (Å²) in [6.07, 6.45) is 6.28. The molecule has 3 atom stereocenters. The normalized spacial score (nSPS) is 24.5. The number of nitrogens with one attached hydrogen (secondary N) is 3. The molecule has 5 amide bonds. The molecule has 198 valence electrons. The molecule has 0 radical (unpaired) electrons. The van der Waals surface area contributed by atoms with Crippen LogP contribution in [0.3, 0.4) is 0 Å². The van der Waals surface area contributed by atoms with E-state index in [2.05, 4.69) is 16.0 Å². The quantitative estimate of drug-likeness (QED) is 0.422. The molecule has 10 heteroatoms. The number of likely N-dealkylation sites (tertiary alicyclic amines) is 2. The number of likely N-dealkylation sites (N-methyl/N-ethyl adjacent to an activating group) is 1. The second-order valence-corrected chi connectivity index (χ2v) is 10.8. The van der Waals surface area contributed by atoms with Crippen LogP contribution in [-0.2, 0) is 14.4 Å². The monoisotopic (exact) mass is 493 g/mol. The number of carbonyl (C=O) groups excluding carboxylic acids is 4. The summed E-state index contributed by atoms with van der Waals surface area (Å²) in [5.74, 6) is -1.45. The summed E-state index contributed by atoms with van der Waals surface area (Å²) in [5.41, 5.74) is -1.05. The number of aliphatic hydroxyl groups is 1. The molecule has 0 bridgehead atoms. The fraction of sp³-hybridized carbons (Fsp3) is 0.840. The van der Waals surface area contributed by atoms with E-state index in [0.717, 1.165) is 44.9 Å². The van der Waals surface area contributed by atoms with Crippen molar-refractivity contribution in [2.24, 2.45) is 5.92 Å². The van der Waals surface area contributed by atoms with E-state index in [1.165, 1.54) is 0 Å². The minimum absolute atomic E-state index is 0.168. The third-order valence-electron chi connectivity index (χ3n) is 7.73. The fourth-order valence-electron chi connectivity index (χ4n) is 5.42. The molecule has 0 aromatic heterocycles. The van der Waals surface area contributed by atoms with Crippen LogP contribution in [0.2, 0.25) is 0 Å². The first-order valence-corrected chi connectivity index (χ1v) is 13.3. The largest absolute Gasteiger partial charge is 0.381 e. The predicted molar refractivity (Wildman–Crippen MR) is 131 cm³/mol. The van der Waals surface area contributed by atoms with E-state index in [1.54, 1.807) is 16.8 Å². The van der Waals surface area contributed by atoms with Crippen molar-refractivity contribution in [2.75, 3.05) is 26.7 Å². The molecule has 0 spiro atoms. The molecule has 0 aromatic carbocycles. The molecule has 0 unspecified atom stereocenters. The maximum atomic E-state index is 13.6. The van der Waals surface area contributed by atoms with Gasteiger partial charge in [-0.05, 0) is 50.9 Å². The Hall–Kier alpha value is -2.36. The van der Waals surface area contributed by atoms with Gasteiger partial charge in [0.15, 0.2) is 6.10 Å². The van der Waals surface area contributed by atoms with Crippen LogP contribution in [-0.4, -0.2) is 89.1 Å². The molecule has 2 saturated heterocycles. The minimum Gasteiger partial charge on any atom is -0.381 e. The highest BCUT2D eigenvalue weighted by Gasteiger charge is 2.44. The molecule has 1 saturated carbocycles. The Bertz CT molecular complexity index is 776. The van der Waals surface area contributed by atoms with Gasteiger partial charge < -0.3 is 30.9 Å². The van der Waals surface area contributed by atoms with E-state index >= 15 is 0 Å². The molecule has 2 aliphatic heterocycles. The van der Waals surface area contributed by atoms with Crippen LogP contribution >= 0.6 is 0 Å². The summed E-state index contributed by atoms with van der Waals surface area (Å²) in [6, 6.07) is -1.77. The van der Waals surface area contributed by atoms with Gasteiger partial charge >= 0.3 is 6.03 Å². The van der Waals surface area contributed by atoms with Crippen LogP contribution in [0.4, 0.5) is 4.79 Å². The first-order valence-electron chi connectivity index (χ1n) is 13.3. The third kappa shape index (κ3) is 6.65. The summed E-state index contributed by atoms with van der Waals surface area (Å²) in [6.45, 7) is 5.66. The van der Waals surface area contributed by atoms with Crippen molar-refractivity contribution in [3.8, 4) is 0 Å². The van der Waals surface area contributed by atoms with Crippen molar-refractivity contribution >= 4 is 23.8 Å². The number of carbonyl (C=O) groups is 4. The van der Waals surface area contributed by atoms with Crippen molar-refractivity contribution in [1.82, 2.24) is 25.8 Å². The summed E-state index contributed by atoms with van der Waals surface area (Å²) in [4.78, 5) is 55.3. The van der Waals surface area contributed by atoms with E-state index in [4.69, 9.17) is 0 Å². The molecule has 1 aliphatic carbocycles. The Labute approximate surface area is 208 Å². The Kier molecular flexibility index (Phi) is 9.38. The third-order valence-corrected chi connectivity index (χ3v) is 7.73. The topological polar surface area (TPSA) is 131 Å². The zero-order chi connectivity index (χ0) is 25.6. The molecule has 3 aliphatic rings. The van der Waals surface area contributed by atoms with Gasteiger partial charge in [0, 0.05) is 26.7 Å². The van der Waals surface area contributed by atoms with E-state index in [1.807, 2.05) is 13.8 Å². The number of rotatable bonds is 7. The summed E-state index contributed by atoms with van der Waals surface area (Å²) < 4.78 is 0. The smallest absolute Gasteiger partial charge is 0.318 e. The molecule has 3 fully saturated rings. The molecule has 10 nitrogen and oxygen atoms in total. The van der Waals surface area contributed by atoms with Crippen LogP contribution in [0.5, 0.6) is 0 Å². The van der Waals surface area contributed by atoms with Crippen LogP contribution in [0.1, 0.15) is 78.1 Å². The molecule has 4 N–H and O–H groups in total. The zero-order valence-corrected chi connectivity index (χ0v) is 21.5. The van der Waals surface area contributed by atoms with Gasteiger partial charge in [0.25, 0.3) is 5.91 Å². The van der Waals surface area contributed by atoms with Crippen molar-refractivity contribution in [3.05, 3.63) is 0 Å². The van der Waals surface area contributed by atoms with Crippen LogP contribution in [0, 0.1) is 5.92 Å². The van der Waals surface area contributed by atoms with Crippen LogP contribution < -0.4 is 16.0 Å². The predicted octanol–water partition coefficient (Wildman–Crippen LogP) is 1.12. The van der Waals surface area contributed by atoms with Crippen LogP contribution in [0.25, 0.3) is 0 Å². The van der Waals surface area contributed by atoms with Crippen molar-refractivity contribution < 1.29 is 24.3 Å². The highest BCUT2D eigenvalue weighted by atomic mass is 16.3. The van der Waals surface area contributed by atoms with Gasteiger partial charge in [0.2, 0.25) is 11.8 Å². The lowest BCUT2D eigenvalue weighted by molar-refractivity contribution is -0.140. The lowest BCUT2D eigenvalue weighted by atomic mass is 9.80. The Morgan fingerprint density at radius 2 is 1.60 bits per heavy atom. The summed E-state index contributed by atoms with van der Waals surface area (Å²) in [7, 11) is 1.71. The highest BCUT2D eigenvalue weighted by Crippen LogP contribution is 2.30. The summed E-state index contributed by atoms with van der Waals surface area (Å²) >= 11 is 0. The van der Waals surface area contributed by atoms with Gasteiger partial charge in [-0.1, -0.05) is 33.1 Å². The van der Waals surface area contributed by atoms with Gasteiger partial charge in [-0.15, -0.1) is 0 Å². The average molecular weight is 494 g/mol. The number of aliphatic hydroxyl groups excluding tert-OH is 1. The van der Waals surface area contributed by atoms with E-state index in [-0.39, 0.29) is 23.8 Å². The SMILES string of the molecule is CC(C)[C@H](NC(=O)C1(NC(=O)N2CCCC2)CCCCC1)[C@@H](O)C(=O)N[C@H]1CCCCN(C)C1=O. The first kappa shape index (κ1) is 27.2. The number of hydrogen-bond donors (Lipinski definition) is 4. The maximum Gasteiger partial charge on any atom is 0.318 e. The lowest BCUT2D eigenvalue weighted by Gasteiger charge is -2.39. The summed E-state index contributed by atoms with van der Waals surface area (Å²) in [5, 5.41) is 19.5. The molecule has 3 rings (SSSR count). The van der Waals surface area contributed by atoms with E-state index in [0.29, 0.717) is 38.9 Å². The number of hydrogen-bond acceptors (Lipinski definition) is 5. The van der Waals surface area contributed by atoms with Crippen molar-refractivity contribution in [2.45, 2.75) is 102 Å². The van der Waals surface area contributed by atoms with Gasteiger partial charge in [0.1, 0.15) is 11.6 Å². The first-order chi connectivity index (χ1) is 16.6. The second-order valence-electron chi connectivity index (χ2n) is 10.8. The van der Waals surface area contributed by atoms with E-state index in [9.17, 15) is 24.3 Å². The van der Waals surface area contributed by atoms with Gasteiger partial charge in [-0.25, -0.2) is 4.79 Å². The number of nitrogens with zero attached hydrogens (tertiary/aromatic N) is 2. The molecular formula is C25H43N5O5. The van der Waals surface area contributed by atoms with Crippen molar-refractivity contribution in [3.63, 3.8) is 0 Å². The minimum atomic E-state index is -1.52. The van der Waals surface area contributed by atoms with E-state index < -0.39 is 29.6 Å². The fourth-order valence-corrected chi connectivity index (χ4v) is 5.42. The standard InChI is InChI=1S/C25H43N5O5/c1-17(2)19(20(31)21(32)26-18-11-5-8-14-29(3)22(18)33)27-23(34)25(12-6-4-7-13-25)28-24(35)30-15-9-10-16-30/h17-20,31H,4-16H2,1-3H3,(H,26,32)(H,27,34)(H,28,35)/t18-,19-,20+/m0/s1. The maximum absolute atomic E-state index is 13.6. The lowest BCUT2D eigenvalue weighted by Crippen LogP contribution is -2.65. The number of urea groups is 1. The molecule has 35 heavy (non-hydrogen) atoms. The average Bonchev–Trinajstić information content (AvgIpc) is 3.33. The molecule has 0 aromatic rings. The highest BCUT2D eigenvalue weighted by molar-refractivity contribution is 5.93. The zero-order valence-electron chi connectivity index (χ0n) is 21.5. The Morgan fingerprint density at radius 1 is 0.971 bits per heavy atom. The van der Waals surface area contributed by atoms with Gasteiger partial charge in [-0.3, -0.25) is 14.4 Å². The molecular weight excluding hydrogens is 450 g/mol. The van der Waals surface area contributed by atoms with Gasteiger partial charge in [-0.2, -0.15) is 0 Å². The second kappa shape index (κ2) is 12.1.